The summed E-state index contributed by atoms with van der Waals surface area (Å²) >= 11 is 0. The first kappa shape index (κ1) is 14.6. The standard InChI is InChI=1S/C16H21NO3/c1-20-15-9-3-2-6-13(15)7-4-10-17-11-5-8-14(12-17)16(18)19/h2-4,6-7,9,14H,5,8,10-12H2,1H3,(H,18,19)/b7-4+. The third kappa shape index (κ3) is 3.84. The van der Waals surface area contributed by atoms with Crippen LogP contribution in [0, 0.1) is 5.92 Å². The van der Waals surface area contributed by atoms with Gasteiger partial charge in [-0.05, 0) is 25.5 Å². The Kier molecular flexibility index (Phi) is 5.18. The number of benzene rings is 1. The number of piperidine rings is 1. The molecule has 0 aromatic heterocycles. The van der Waals surface area contributed by atoms with Crippen molar-refractivity contribution in [2.45, 2.75) is 12.8 Å². The molecule has 20 heavy (non-hydrogen) atoms. The lowest BCUT2D eigenvalue weighted by Crippen LogP contribution is -2.38. The van der Waals surface area contributed by atoms with Crippen LogP contribution in [0.2, 0.25) is 0 Å². The van der Waals surface area contributed by atoms with Crippen LogP contribution in [0.3, 0.4) is 0 Å². The van der Waals surface area contributed by atoms with E-state index in [4.69, 9.17) is 9.84 Å². The van der Waals surface area contributed by atoms with Crippen molar-refractivity contribution < 1.29 is 14.6 Å². The molecule has 1 unspecified atom stereocenters. The zero-order valence-electron chi connectivity index (χ0n) is 11.8. The molecule has 1 fully saturated rings. The number of carboxylic acid groups (broad SMARTS) is 1. The number of carboxylic acids is 1. The molecular weight excluding hydrogens is 254 g/mol. The van der Waals surface area contributed by atoms with Gasteiger partial charge in [-0.1, -0.05) is 30.4 Å². The highest BCUT2D eigenvalue weighted by Gasteiger charge is 2.24. The minimum Gasteiger partial charge on any atom is -0.496 e. The Morgan fingerprint density at radius 2 is 2.30 bits per heavy atom. The second-order valence-electron chi connectivity index (χ2n) is 5.08. The third-order valence-corrected chi connectivity index (χ3v) is 3.65. The van der Waals surface area contributed by atoms with Crippen molar-refractivity contribution in [2.24, 2.45) is 5.92 Å². The number of aliphatic carboxylic acids is 1. The van der Waals surface area contributed by atoms with Crippen molar-refractivity contribution in [2.75, 3.05) is 26.7 Å². The monoisotopic (exact) mass is 275 g/mol. The van der Waals surface area contributed by atoms with Gasteiger partial charge in [0, 0.05) is 18.7 Å². The number of hydrogen-bond donors (Lipinski definition) is 1. The Morgan fingerprint density at radius 1 is 1.50 bits per heavy atom. The number of methoxy groups -OCH3 is 1. The molecular formula is C16H21NO3. The summed E-state index contributed by atoms with van der Waals surface area (Å²) in [6, 6.07) is 7.86. The molecule has 1 aromatic rings. The Bertz CT molecular complexity index is 484. The van der Waals surface area contributed by atoms with E-state index in [1.807, 2.05) is 30.3 Å². The first-order chi connectivity index (χ1) is 9.70. The summed E-state index contributed by atoms with van der Waals surface area (Å²) in [5.74, 6) is -0.0439. The maximum Gasteiger partial charge on any atom is 0.307 e. The highest BCUT2D eigenvalue weighted by molar-refractivity contribution is 5.70. The summed E-state index contributed by atoms with van der Waals surface area (Å²) in [6.07, 6.45) is 5.85. The fraction of sp³-hybridized carbons (Fsp3) is 0.438. The number of likely N-dealkylation sites (tertiary alicyclic amines) is 1. The summed E-state index contributed by atoms with van der Waals surface area (Å²) in [5.41, 5.74) is 1.04. The lowest BCUT2D eigenvalue weighted by molar-refractivity contribution is -0.143. The zero-order valence-corrected chi connectivity index (χ0v) is 11.8. The van der Waals surface area contributed by atoms with E-state index >= 15 is 0 Å². The Labute approximate surface area is 119 Å². The van der Waals surface area contributed by atoms with Gasteiger partial charge < -0.3 is 9.84 Å². The van der Waals surface area contributed by atoms with Gasteiger partial charge in [-0.2, -0.15) is 0 Å². The second-order valence-corrected chi connectivity index (χ2v) is 5.08. The minimum absolute atomic E-state index is 0.219. The number of carbonyl (C=O) groups is 1. The first-order valence-electron chi connectivity index (χ1n) is 6.95. The van der Waals surface area contributed by atoms with E-state index in [-0.39, 0.29) is 5.92 Å². The van der Waals surface area contributed by atoms with Crippen LogP contribution >= 0.6 is 0 Å². The van der Waals surface area contributed by atoms with E-state index in [2.05, 4.69) is 11.0 Å². The van der Waals surface area contributed by atoms with Crippen LogP contribution in [0.25, 0.3) is 6.08 Å². The van der Waals surface area contributed by atoms with Gasteiger partial charge in [0.15, 0.2) is 0 Å². The van der Waals surface area contributed by atoms with Crippen LogP contribution < -0.4 is 4.74 Å². The average molecular weight is 275 g/mol. The van der Waals surface area contributed by atoms with Crippen LogP contribution in [0.1, 0.15) is 18.4 Å². The van der Waals surface area contributed by atoms with Crippen molar-refractivity contribution in [3.63, 3.8) is 0 Å². The summed E-state index contributed by atoms with van der Waals surface area (Å²) in [6.45, 7) is 2.40. The molecule has 0 radical (unpaired) electrons. The smallest absolute Gasteiger partial charge is 0.307 e. The molecule has 1 aliphatic heterocycles. The fourth-order valence-electron chi connectivity index (χ4n) is 2.56. The van der Waals surface area contributed by atoms with Crippen molar-refractivity contribution in [1.82, 2.24) is 4.90 Å². The van der Waals surface area contributed by atoms with Crippen LogP contribution in [-0.4, -0.2) is 42.7 Å². The number of para-hydroxylation sites is 1. The Hall–Kier alpha value is -1.81. The maximum atomic E-state index is 11.0. The highest BCUT2D eigenvalue weighted by Crippen LogP contribution is 2.19. The predicted octanol–water partition coefficient (Wildman–Crippen LogP) is 2.50. The molecule has 0 saturated carbocycles. The van der Waals surface area contributed by atoms with Crippen LogP contribution in [0.4, 0.5) is 0 Å². The second kappa shape index (κ2) is 7.10. The summed E-state index contributed by atoms with van der Waals surface area (Å²) in [4.78, 5) is 13.2. The highest BCUT2D eigenvalue weighted by atomic mass is 16.5. The molecule has 1 saturated heterocycles. The van der Waals surface area contributed by atoms with Crippen LogP contribution in [-0.2, 0) is 4.79 Å². The largest absolute Gasteiger partial charge is 0.496 e. The molecule has 4 heteroatoms. The zero-order chi connectivity index (χ0) is 14.4. The molecule has 1 N–H and O–H groups in total. The molecule has 4 nitrogen and oxygen atoms in total. The van der Waals surface area contributed by atoms with E-state index in [1.165, 1.54) is 0 Å². The lowest BCUT2D eigenvalue weighted by atomic mass is 9.98. The van der Waals surface area contributed by atoms with E-state index in [0.29, 0.717) is 6.54 Å². The van der Waals surface area contributed by atoms with Gasteiger partial charge in [-0.15, -0.1) is 0 Å². The Morgan fingerprint density at radius 3 is 3.05 bits per heavy atom. The quantitative estimate of drug-likeness (QED) is 0.897. The van der Waals surface area contributed by atoms with Gasteiger partial charge in [0.2, 0.25) is 0 Å². The molecule has 2 rings (SSSR count). The molecule has 0 amide bonds. The van der Waals surface area contributed by atoms with Crippen molar-refractivity contribution in [3.8, 4) is 5.75 Å². The van der Waals surface area contributed by atoms with Crippen molar-refractivity contribution in [3.05, 3.63) is 35.9 Å². The maximum absolute atomic E-state index is 11.0. The summed E-state index contributed by atoms with van der Waals surface area (Å²) in [7, 11) is 1.66. The van der Waals surface area contributed by atoms with Gasteiger partial charge >= 0.3 is 5.97 Å². The molecule has 1 aromatic carbocycles. The average Bonchev–Trinajstić information content (AvgIpc) is 2.48. The van der Waals surface area contributed by atoms with Crippen LogP contribution in [0.5, 0.6) is 5.75 Å². The topological polar surface area (TPSA) is 49.8 Å². The van der Waals surface area contributed by atoms with E-state index in [0.717, 1.165) is 37.2 Å². The van der Waals surface area contributed by atoms with E-state index in [1.54, 1.807) is 7.11 Å². The fourth-order valence-corrected chi connectivity index (χ4v) is 2.56. The lowest BCUT2D eigenvalue weighted by Gasteiger charge is -2.29. The number of nitrogens with zero attached hydrogens (tertiary/aromatic N) is 1. The molecule has 108 valence electrons. The predicted molar refractivity (Wildman–Crippen MR) is 78.8 cm³/mol. The summed E-state index contributed by atoms with van der Waals surface area (Å²) < 4.78 is 5.29. The molecule has 0 bridgehead atoms. The van der Waals surface area contributed by atoms with Gasteiger partial charge in [0.25, 0.3) is 0 Å². The van der Waals surface area contributed by atoms with Gasteiger partial charge in [0.1, 0.15) is 5.75 Å². The molecule has 0 aliphatic carbocycles. The molecule has 0 spiro atoms. The van der Waals surface area contributed by atoms with Gasteiger partial charge in [0.05, 0.1) is 13.0 Å². The minimum atomic E-state index is -0.677. The van der Waals surface area contributed by atoms with E-state index < -0.39 is 5.97 Å². The van der Waals surface area contributed by atoms with E-state index in [9.17, 15) is 4.79 Å². The molecule has 1 atom stereocenters. The number of rotatable bonds is 5. The SMILES string of the molecule is COc1ccccc1/C=C/CN1CCCC(C(=O)O)C1. The van der Waals surface area contributed by atoms with Crippen molar-refractivity contribution >= 4 is 12.0 Å². The normalized spacial score (nSPS) is 20.1. The van der Waals surface area contributed by atoms with Crippen molar-refractivity contribution in [1.29, 1.82) is 0 Å². The first-order valence-corrected chi connectivity index (χ1v) is 6.95. The Balaban J connectivity index is 1.91. The van der Waals surface area contributed by atoms with Gasteiger partial charge in [-0.25, -0.2) is 0 Å². The third-order valence-electron chi connectivity index (χ3n) is 3.65. The van der Waals surface area contributed by atoms with Gasteiger partial charge in [-0.3, -0.25) is 9.69 Å². The molecule has 1 heterocycles. The number of hydrogen-bond acceptors (Lipinski definition) is 3. The van der Waals surface area contributed by atoms with Crippen LogP contribution in [0.15, 0.2) is 30.3 Å². The summed E-state index contributed by atoms with van der Waals surface area (Å²) in [5, 5.41) is 9.07. The number of ether oxygens (including phenoxy) is 1. The molecule has 1 aliphatic rings.